The third-order valence-electron chi connectivity index (χ3n) is 5.32. The minimum atomic E-state index is -4.90. The SMILES string of the molecule is O=C(CCNc1nc2ccc(OC(F)(F)F)cc2[n+]([O-])n1)OC1CCN(C(=O)OCc2ccccc2)C1. The summed E-state index contributed by atoms with van der Waals surface area (Å²) in [7, 11) is 0. The van der Waals surface area contributed by atoms with Crippen LogP contribution in [0.3, 0.4) is 0 Å². The fourth-order valence-electron chi connectivity index (χ4n) is 3.62. The van der Waals surface area contributed by atoms with Crippen molar-refractivity contribution in [3.8, 4) is 5.75 Å². The maximum atomic E-state index is 12.4. The number of fused-ring (bicyclic) bond motifs is 1. The quantitative estimate of drug-likeness (QED) is 0.270. The van der Waals surface area contributed by atoms with Gasteiger partial charge in [-0.3, -0.25) is 4.79 Å². The van der Waals surface area contributed by atoms with Crippen LogP contribution in [0.2, 0.25) is 0 Å². The van der Waals surface area contributed by atoms with Crippen molar-refractivity contribution in [2.45, 2.75) is 31.9 Å². The van der Waals surface area contributed by atoms with Gasteiger partial charge in [0.25, 0.3) is 11.5 Å². The molecule has 1 atom stereocenters. The highest BCUT2D eigenvalue weighted by Gasteiger charge is 2.32. The van der Waals surface area contributed by atoms with Crippen LogP contribution in [0.1, 0.15) is 18.4 Å². The van der Waals surface area contributed by atoms with E-state index in [1.54, 1.807) is 0 Å². The van der Waals surface area contributed by atoms with Crippen molar-refractivity contribution in [1.82, 2.24) is 15.0 Å². The highest BCUT2D eigenvalue weighted by atomic mass is 19.4. The molecule has 1 amide bonds. The van der Waals surface area contributed by atoms with Crippen LogP contribution in [0.5, 0.6) is 5.75 Å². The van der Waals surface area contributed by atoms with Gasteiger partial charge in [-0.05, 0) is 22.5 Å². The van der Waals surface area contributed by atoms with Crippen molar-refractivity contribution in [1.29, 1.82) is 0 Å². The lowest BCUT2D eigenvalue weighted by Crippen LogP contribution is -2.34. The van der Waals surface area contributed by atoms with Crippen LogP contribution < -0.4 is 14.9 Å². The molecule has 37 heavy (non-hydrogen) atoms. The van der Waals surface area contributed by atoms with Crippen molar-refractivity contribution < 1.29 is 41.8 Å². The molecule has 1 unspecified atom stereocenters. The van der Waals surface area contributed by atoms with Gasteiger partial charge >= 0.3 is 18.4 Å². The van der Waals surface area contributed by atoms with Crippen LogP contribution in [-0.4, -0.2) is 59.1 Å². The van der Waals surface area contributed by atoms with E-state index >= 15 is 0 Å². The molecule has 4 rings (SSSR count). The molecule has 2 heterocycles. The number of likely N-dealkylation sites (tertiary alicyclic amines) is 1. The molecule has 11 nitrogen and oxygen atoms in total. The van der Waals surface area contributed by atoms with Gasteiger partial charge in [0.15, 0.2) is 0 Å². The van der Waals surface area contributed by atoms with Gasteiger partial charge in [0, 0.05) is 19.5 Å². The second kappa shape index (κ2) is 11.1. The zero-order valence-electron chi connectivity index (χ0n) is 19.3. The lowest BCUT2D eigenvalue weighted by molar-refractivity contribution is -0.641. The number of esters is 1. The van der Waals surface area contributed by atoms with E-state index in [-0.39, 0.29) is 47.9 Å². The number of nitrogens with zero attached hydrogens (tertiary/aromatic N) is 4. The molecule has 1 aliphatic rings. The number of amides is 1. The van der Waals surface area contributed by atoms with E-state index in [2.05, 4.69) is 20.1 Å². The summed E-state index contributed by atoms with van der Waals surface area (Å²) in [6, 6.07) is 12.3. The highest BCUT2D eigenvalue weighted by Crippen LogP contribution is 2.24. The number of carbonyl (C=O) groups is 2. The fraction of sp³-hybridized carbons (Fsp3) is 0.348. The number of rotatable bonds is 8. The molecule has 3 aromatic rings. The average molecular weight is 521 g/mol. The second-order valence-electron chi connectivity index (χ2n) is 8.07. The molecule has 2 aromatic carbocycles. The summed E-state index contributed by atoms with van der Waals surface area (Å²) in [5, 5.41) is 18.4. The molecule has 1 saturated heterocycles. The summed E-state index contributed by atoms with van der Waals surface area (Å²) >= 11 is 0. The van der Waals surface area contributed by atoms with Gasteiger partial charge in [0.1, 0.15) is 24.0 Å². The van der Waals surface area contributed by atoms with Crippen LogP contribution in [0.4, 0.5) is 23.9 Å². The van der Waals surface area contributed by atoms with Crippen molar-refractivity contribution in [3.05, 3.63) is 59.3 Å². The molecule has 0 saturated carbocycles. The molecular weight excluding hydrogens is 499 g/mol. The van der Waals surface area contributed by atoms with Gasteiger partial charge in [0.2, 0.25) is 0 Å². The largest absolute Gasteiger partial charge is 0.594 e. The Bertz CT molecular complexity index is 1260. The number of hydrogen-bond donors (Lipinski definition) is 1. The van der Waals surface area contributed by atoms with Gasteiger partial charge in [-0.2, -0.15) is 0 Å². The lowest BCUT2D eigenvalue weighted by atomic mass is 10.2. The van der Waals surface area contributed by atoms with Crippen LogP contribution in [0, 0.1) is 5.21 Å². The van der Waals surface area contributed by atoms with Gasteiger partial charge < -0.3 is 29.6 Å². The number of ether oxygens (including phenoxy) is 3. The summed E-state index contributed by atoms with van der Waals surface area (Å²) < 4.78 is 51.6. The van der Waals surface area contributed by atoms with E-state index in [0.29, 0.717) is 13.0 Å². The van der Waals surface area contributed by atoms with E-state index in [9.17, 15) is 28.0 Å². The Morgan fingerprint density at radius 1 is 1.19 bits per heavy atom. The van der Waals surface area contributed by atoms with Crippen molar-refractivity contribution in [2.75, 3.05) is 25.0 Å². The number of carbonyl (C=O) groups excluding carboxylic acids is 2. The molecule has 1 aromatic heterocycles. The maximum absolute atomic E-state index is 12.4. The third kappa shape index (κ3) is 7.32. The predicted octanol–water partition coefficient (Wildman–Crippen LogP) is 2.92. The first kappa shape index (κ1) is 25.7. The Morgan fingerprint density at radius 3 is 2.73 bits per heavy atom. The maximum Gasteiger partial charge on any atom is 0.573 e. The summed E-state index contributed by atoms with van der Waals surface area (Å²) in [4.78, 5) is 30.1. The third-order valence-corrected chi connectivity index (χ3v) is 5.32. The van der Waals surface area contributed by atoms with E-state index < -0.39 is 30.3 Å². The van der Waals surface area contributed by atoms with E-state index in [1.165, 1.54) is 11.0 Å². The number of anilines is 1. The Labute approximate surface area is 208 Å². The molecule has 0 aliphatic carbocycles. The zero-order valence-corrected chi connectivity index (χ0v) is 19.3. The van der Waals surface area contributed by atoms with E-state index in [1.807, 2.05) is 30.3 Å². The number of alkyl halides is 3. The molecule has 1 aliphatic heterocycles. The normalized spacial score (nSPS) is 15.4. The molecule has 1 fully saturated rings. The first-order valence-corrected chi connectivity index (χ1v) is 11.2. The number of hydrogen-bond acceptors (Lipinski definition) is 9. The number of halogens is 3. The van der Waals surface area contributed by atoms with Gasteiger partial charge in [-0.25, -0.2) is 9.78 Å². The molecule has 196 valence electrons. The Hall–Kier alpha value is -4.36. The number of nitrogens with one attached hydrogen (secondary N) is 1. The smallest absolute Gasteiger partial charge is 0.573 e. The van der Waals surface area contributed by atoms with Gasteiger partial charge in [0.05, 0.1) is 24.1 Å². The first-order chi connectivity index (χ1) is 17.7. The standard InChI is InChI=1S/C23H22F3N5O6/c24-23(25,26)37-16-6-7-18-19(12-16)31(34)29-21(28-18)27-10-8-20(32)36-17-9-11-30(13-17)22(33)35-14-15-4-2-1-3-5-15/h1-7,12,17H,8-11,13-14H2,(H,27,28,29). The predicted molar refractivity (Wildman–Crippen MR) is 121 cm³/mol. The second-order valence-corrected chi connectivity index (χ2v) is 8.07. The molecular formula is C23H22F3N5O6. The molecule has 1 N–H and O–H groups in total. The minimum Gasteiger partial charge on any atom is -0.594 e. The van der Waals surface area contributed by atoms with Crippen LogP contribution in [-0.2, 0) is 20.9 Å². The van der Waals surface area contributed by atoms with Crippen molar-refractivity contribution in [3.63, 3.8) is 0 Å². The van der Waals surface area contributed by atoms with E-state index in [0.717, 1.165) is 17.7 Å². The van der Waals surface area contributed by atoms with Gasteiger partial charge in [-0.15, -0.1) is 13.2 Å². The Morgan fingerprint density at radius 2 is 1.97 bits per heavy atom. The highest BCUT2D eigenvalue weighted by molar-refractivity contribution is 5.74. The molecule has 0 bridgehead atoms. The zero-order chi connectivity index (χ0) is 26.4. The summed E-state index contributed by atoms with van der Waals surface area (Å²) in [6.07, 6.45) is -5.45. The topological polar surface area (TPSA) is 130 Å². The van der Waals surface area contributed by atoms with Crippen LogP contribution >= 0.6 is 0 Å². The molecule has 0 spiro atoms. The summed E-state index contributed by atoms with van der Waals surface area (Å²) in [5.41, 5.74) is 0.721. The summed E-state index contributed by atoms with van der Waals surface area (Å²) in [6.45, 7) is 0.801. The van der Waals surface area contributed by atoms with Crippen molar-refractivity contribution in [2.24, 2.45) is 0 Å². The minimum absolute atomic E-state index is 0.0369. The Balaban J connectivity index is 1.21. The van der Waals surface area contributed by atoms with E-state index in [4.69, 9.17) is 9.47 Å². The monoisotopic (exact) mass is 521 g/mol. The Kier molecular flexibility index (Phi) is 7.74. The number of aromatic nitrogens is 3. The van der Waals surface area contributed by atoms with Crippen molar-refractivity contribution >= 4 is 29.0 Å². The molecule has 14 heteroatoms. The number of benzene rings is 2. The average Bonchev–Trinajstić information content (AvgIpc) is 3.31. The van der Waals surface area contributed by atoms with Gasteiger partial charge in [-0.1, -0.05) is 30.3 Å². The van der Waals surface area contributed by atoms with Crippen LogP contribution in [0.25, 0.3) is 11.0 Å². The fourth-order valence-corrected chi connectivity index (χ4v) is 3.62. The van der Waals surface area contributed by atoms with Crippen LogP contribution in [0.15, 0.2) is 48.5 Å². The lowest BCUT2D eigenvalue weighted by Gasteiger charge is -2.16. The first-order valence-electron chi connectivity index (χ1n) is 11.2. The molecule has 0 radical (unpaired) electrons. The summed E-state index contributed by atoms with van der Waals surface area (Å²) in [5.74, 6) is -1.22.